The molecule has 2 nitrogen and oxygen atoms in total. The number of thiocarbonyl (C=S) groups is 1. The van der Waals surface area contributed by atoms with Crippen molar-refractivity contribution in [2.45, 2.75) is 19.4 Å². The van der Waals surface area contributed by atoms with Gasteiger partial charge in [0.1, 0.15) is 18.2 Å². The quantitative estimate of drug-likeness (QED) is 0.818. The molecule has 1 N–H and O–H groups in total. The van der Waals surface area contributed by atoms with Crippen molar-refractivity contribution in [3.8, 4) is 5.75 Å². The average Bonchev–Trinajstić information content (AvgIpc) is 3.32. The zero-order valence-corrected chi connectivity index (χ0v) is 12.3. The van der Waals surface area contributed by atoms with Gasteiger partial charge in [0.25, 0.3) is 0 Å². The van der Waals surface area contributed by atoms with Crippen molar-refractivity contribution in [3.05, 3.63) is 59.9 Å². The van der Waals surface area contributed by atoms with E-state index in [1.807, 2.05) is 30.3 Å². The summed E-state index contributed by atoms with van der Waals surface area (Å²) in [5.74, 6) is 0.747. The summed E-state index contributed by atoms with van der Waals surface area (Å²) >= 11 is 5.31. The van der Waals surface area contributed by atoms with Crippen LogP contribution in [0, 0.1) is 11.7 Å². The minimum absolute atomic E-state index is 0.303. The Balaban J connectivity index is 1.72. The number of halogens is 1. The molecule has 1 saturated carbocycles. The normalized spacial score (nSPS) is 13.8. The molecule has 2 aromatic rings. The Morgan fingerprint density at radius 1 is 1.19 bits per heavy atom. The molecule has 1 aliphatic rings. The summed E-state index contributed by atoms with van der Waals surface area (Å²) in [5.41, 5.74) is 1.67. The molecule has 1 aliphatic carbocycles. The third-order valence-corrected chi connectivity index (χ3v) is 3.82. The molecular weight excluding hydrogens is 285 g/mol. The van der Waals surface area contributed by atoms with Gasteiger partial charge in [0.05, 0.1) is 10.7 Å². The Morgan fingerprint density at radius 3 is 2.67 bits per heavy atom. The molecule has 0 aliphatic heterocycles. The molecule has 0 radical (unpaired) electrons. The average molecular weight is 301 g/mol. The first kappa shape index (κ1) is 14.0. The van der Waals surface area contributed by atoms with Crippen LogP contribution in [0.3, 0.4) is 0 Å². The van der Waals surface area contributed by atoms with Crippen molar-refractivity contribution in [2.75, 3.05) is 5.32 Å². The highest BCUT2D eigenvalue weighted by Gasteiger charge is 2.26. The van der Waals surface area contributed by atoms with Gasteiger partial charge in [0, 0.05) is 12.0 Å². The number of anilines is 1. The van der Waals surface area contributed by atoms with Crippen LogP contribution in [0.15, 0.2) is 48.5 Å². The zero-order chi connectivity index (χ0) is 14.7. The van der Waals surface area contributed by atoms with Crippen molar-refractivity contribution in [2.24, 2.45) is 5.92 Å². The number of ether oxygens (including phenoxy) is 1. The summed E-state index contributed by atoms with van der Waals surface area (Å²) in [6.45, 7) is 0.442. The summed E-state index contributed by atoms with van der Waals surface area (Å²) in [6.07, 6.45) is 2.22. The van der Waals surface area contributed by atoms with E-state index < -0.39 is 0 Å². The maximum Gasteiger partial charge on any atom is 0.143 e. The molecule has 0 aromatic heterocycles. The largest absolute Gasteiger partial charge is 0.487 e. The molecule has 0 spiro atoms. The second kappa shape index (κ2) is 6.22. The lowest BCUT2D eigenvalue weighted by Gasteiger charge is -2.14. The highest BCUT2D eigenvalue weighted by Crippen LogP contribution is 2.33. The molecular formula is C17H16FNOS. The van der Waals surface area contributed by atoms with Gasteiger partial charge in [-0.15, -0.1) is 0 Å². The van der Waals surface area contributed by atoms with Crippen molar-refractivity contribution < 1.29 is 9.13 Å². The third kappa shape index (κ3) is 3.79. The van der Waals surface area contributed by atoms with Crippen LogP contribution in [0.2, 0.25) is 0 Å². The van der Waals surface area contributed by atoms with Crippen LogP contribution >= 0.6 is 12.2 Å². The molecule has 108 valence electrons. The fourth-order valence-electron chi connectivity index (χ4n) is 2.04. The van der Waals surface area contributed by atoms with E-state index in [9.17, 15) is 4.39 Å². The monoisotopic (exact) mass is 301 g/mol. The van der Waals surface area contributed by atoms with Gasteiger partial charge in [-0.2, -0.15) is 0 Å². The lowest BCUT2D eigenvalue weighted by Crippen LogP contribution is -2.12. The van der Waals surface area contributed by atoms with E-state index in [0.29, 0.717) is 24.0 Å². The zero-order valence-electron chi connectivity index (χ0n) is 11.5. The molecule has 0 heterocycles. The first-order chi connectivity index (χ1) is 10.2. The van der Waals surface area contributed by atoms with Crippen molar-refractivity contribution >= 4 is 22.9 Å². The molecule has 1 fully saturated rings. The lowest BCUT2D eigenvalue weighted by molar-refractivity contribution is 0.307. The number of hydrogen-bond acceptors (Lipinski definition) is 2. The van der Waals surface area contributed by atoms with Gasteiger partial charge in [0.15, 0.2) is 0 Å². The van der Waals surface area contributed by atoms with Crippen LogP contribution in [-0.2, 0) is 6.61 Å². The Bertz CT molecular complexity index is 640. The van der Waals surface area contributed by atoms with E-state index in [2.05, 4.69) is 5.32 Å². The summed E-state index contributed by atoms with van der Waals surface area (Å²) < 4.78 is 19.2. The van der Waals surface area contributed by atoms with Gasteiger partial charge in [-0.05, 0) is 30.5 Å². The summed E-state index contributed by atoms with van der Waals surface area (Å²) in [4.78, 5) is 0.769. The Morgan fingerprint density at radius 2 is 1.95 bits per heavy atom. The number of benzene rings is 2. The molecule has 21 heavy (non-hydrogen) atoms. The van der Waals surface area contributed by atoms with Crippen LogP contribution < -0.4 is 10.1 Å². The molecule has 0 atom stereocenters. The van der Waals surface area contributed by atoms with Gasteiger partial charge in [-0.25, -0.2) is 4.39 Å². The topological polar surface area (TPSA) is 21.3 Å². The van der Waals surface area contributed by atoms with E-state index in [1.165, 1.54) is 12.1 Å². The number of rotatable bonds is 5. The minimum atomic E-state index is -0.303. The highest BCUT2D eigenvalue weighted by atomic mass is 32.1. The SMILES string of the molecule is Fc1ccc(OCc2ccccc2)c(NC(=S)C2CC2)c1. The number of hydrogen-bond donors (Lipinski definition) is 1. The Kier molecular flexibility index (Phi) is 4.15. The standard InChI is InChI=1S/C17H16FNOS/c18-14-8-9-16(20-11-12-4-2-1-3-5-12)15(10-14)19-17(21)13-6-7-13/h1-5,8-10,13H,6-7,11H2,(H,19,21). The van der Waals surface area contributed by atoms with Crippen LogP contribution in [0.5, 0.6) is 5.75 Å². The van der Waals surface area contributed by atoms with Crippen molar-refractivity contribution in [1.29, 1.82) is 0 Å². The van der Waals surface area contributed by atoms with E-state index in [-0.39, 0.29) is 5.82 Å². The predicted molar refractivity (Wildman–Crippen MR) is 86.1 cm³/mol. The lowest BCUT2D eigenvalue weighted by atomic mass is 10.2. The van der Waals surface area contributed by atoms with E-state index >= 15 is 0 Å². The van der Waals surface area contributed by atoms with Gasteiger partial charge in [-0.1, -0.05) is 42.5 Å². The van der Waals surface area contributed by atoms with Crippen LogP contribution in [0.1, 0.15) is 18.4 Å². The molecule has 0 amide bonds. The fraction of sp³-hybridized carbons (Fsp3) is 0.235. The number of nitrogens with one attached hydrogen (secondary N) is 1. The first-order valence-electron chi connectivity index (χ1n) is 6.99. The maximum atomic E-state index is 13.4. The van der Waals surface area contributed by atoms with Gasteiger partial charge < -0.3 is 10.1 Å². The summed E-state index contributed by atoms with van der Waals surface area (Å²) in [7, 11) is 0. The van der Waals surface area contributed by atoms with E-state index in [4.69, 9.17) is 17.0 Å². The van der Waals surface area contributed by atoms with E-state index in [1.54, 1.807) is 6.07 Å². The summed E-state index contributed by atoms with van der Waals surface area (Å²) in [6, 6.07) is 14.3. The maximum absolute atomic E-state index is 13.4. The minimum Gasteiger partial charge on any atom is -0.487 e. The highest BCUT2D eigenvalue weighted by molar-refractivity contribution is 7.80. The summed E-state index contributed by atoms with van der Waals surface area (Å²) in [5, 5.41) is 3.12. The van der Waals surface area contributed by atoms with Crippen molar-refractivity contribution in [3.63, 3.8) is 0 Å². The van der Waals surface area contributed by atoms with Crippen LogP contribution in [0.25, 0.3) is 0 Å². The van der Waals surface area contributed by atoms with Gasteiger partial charge in [0.2, 0.25) is 0 Å². The van der Waals surface area contributed by atoms with Crippen LogP contribution in [-0.4, -0.2) is 4.99 Å². The molecule has 3 rings (SSSR count). The smallest absolute Gasteiger partial charge is 0.143 e. The second-order valence-electron chi connectivity index (χ2n) is 5.18. The third-order valence-electron chi connectivity index (χ3n) is 3.38. The van der Waals surface area contributed by atoms with Gasteiger partial charge in [-0.3, -0.25) is 0 Å². The molecule has 0 saturated heterocycles. The van der Waals surface area contributed by atoms with Gasteiger partial charge >= 0.3 is 0 Å². The second-order valence-corrected chi connectivity index (χ2v) is 5.62. The molecule has 2 aromatic carbocycles. The molecule has 4 heteroatoms. The molecule has 0 bridgehead atoms. The molecule has 0 unspecified atom stereocenters. The Labute approximate surface area is 128 Å². The Hall–Kier alpha value is -1.94. The first-order valence-corrected chi connectivity index (χ1v) is 7.40. The fourth-order valence-corrected chi connectivity index (χ4v) is 2.39. The van der Waals surface area contributed by atoms with Crippen LogP contribution in [0.4, 0.5) is 10.1 Å². The van der Waals surface area contributed by atoms with E-state index in [0.717, 1.165) is 23.4 Å². The predicted octanol–water partition coefficient (Wildman–Crippen LogP) is 4.55. The van der Waals surface area contributed by atoms with Crippen molar-refractivity contribution in [1.82, 2.24) is 0 Å².